The van der Waals surface area contributed by atoms with Gasteiger partial charge in [0.2, 0.25) is 0 Å². The Hall–Kier alpha value is -6.45. The third kappa shape index (κ3) is 4.99. The molecule has 7 aromatic carbocycles. The highest BCUT2D eigenvalue weighted by molar-refractivity contribution is 6.23. The van der Waals surface area contributed by atoms with Gasteiger partial charge < -0.3 is 0 Å². The molecule has 0 amide bonds. The number of aromatic nitrogens is 3. The first-order valence-corrected chi connectivity index (χ1v) is 16.2. The SMILES string of the molecule is c1ccc(-c2nc(-c3ccc(-c4cccnc4)cc3)cc(-c3ccc(-c4cc5ccc6ccccc6c5c5ccccc45)cc3)n2)cc1. The highest BCUT2D eigenvalue weighted by Crippen LogP contribution is 2.39. The number of benzene rings is 7. The summed E-state index contributed by atoms with van der Waals surface area (Å²) in [5.74, 6) is 0.705. The number of rotatable bonds is 5. The predicted octanol–water partition coefficient (Wildman–Crippen LogP) is 11.7. The summed E-state index contributed by atoms with van der Waals surface area (Å²) in [6.45, 7) is 0. The van der Waals surface area contributed by atoms with Crippen molar-refractivity contribution in [1.29, 1.82) is 0 Å². The fraction of sp³-hybridized carbons (Fsp3) is 0. The normalized spacial score (nSPS) is 11.3. The number of pyridine rings is 1. The zero-order valence-electron chi connectivity index (χ0n) is 26.1. The van der Waals surface area contributed by atoms with Crippen molar-refractivity contribution >= 4 is 32.3 Å². The van der Waals surface area contributed by atoms with E-state index in [1.165, 1.54) is 43.4 Å². The van der Waals surface area contributed by atoms with Crippen LogP contribution in [0.2, 0.25) is 0 Å². The van der Waals surface area contributed by atoms with Crippen molar-refractivity contribution in [3.8, 4) is 56.2 Å². The number of hydrogen-bond donors (Lipinski definition) is 0. The van der Waals surface area contributed by atoms with E-state index in [2.05, 4.69) is 145 Å². The van der Waals surface area contributed by atoms with Crippen LogP contribution in [0.4, 0.5) is 0 Å². The summed E-state index contributed by atoms with van der Waals surface area (Å²) in [5, 5.41) is 7.62. The second kappa shape index (κ2) is 11.7. The Kier molecular flexibility index (Phi) is 6.80. The zero-order valence-corrected chi connectivity index (χ0v) is 26.1. The van der Waals surface area contributed by atoms with Crippen LogP contribution in [0.3, 0.4) is 0 Å². The largest absolute Gasteiger partial charge is 0.264 e. The number of nitrogens with zero attached hydrogens (tertiary/aromatic N) is 3. The maximum atomic E-state index is 5.07. The van der Waals surface area contributed by atoms with Crippen molar-refractivity contribution in [3.05, 3.63) is 176 Å². The second-order valence-electron chi connectivity index (χ2n) is 12.1. The molecule has 0 fully saturated rings. The average molecular weight is 612 g/mol. The Morgan fingerprint density at radius 3 is 1.65 bits per heavy atom. The van der Waals surface area contributed by atoms with Crippen LogP contribution < -0.4 is 0 Å². The Bertz CT molecular complexity index is 2580. The van der Waals surface area contributed by atoms with E-state index in [1.807, 2.05) is 30.5 Å². The van der Waals surface area contributed by atoms with Gasteiger partial charge in [-0.1, -0.05) is 146 Å². The highest BCUT2D eigenvalue weighted by Gasteiger charge is 2.14. The van der Waals surface area contributed by atoms with Gasteiger partial charge in [-0.2, -0.15) is 0 Å². The van der Waals surface area contributed by atoms with Crippen LogP contribution in [-0.2, 0) is 0 Å². The van der Waals surface area contributed by atoms with Crippen LogP contribution in [-0.4, -0.2) is 15.0 Å². The number of fused-ring (bicyclic) bond motifs is 5. The van der Waals surface area contributed by atoms with Gasteiger partial charge in [0.1, 0.15) is 0 Å². The Balaban J connectivity index is 1.14. The summed E-state index contributed by atoms with van der Waals surface area (Å²) < 4.78 is 0. The minimum Gasteiger partial charge on any atom is -0.264 e. The van der Waals surface area contributed by atoms with Gasteiger partial charge in [0, 0.05) is 29.1 Å². The molecule has 2 aromatic heterocycles. The Morgan fingerprint density at radius 1 is 0.354 bits per heavy atom. The molecule has 3 nitrogen and oxygen atoms in total. The summed E-state index contributed by atoms with van der Waals surface area (Å²) in [6.07, 6.45) is 3.68. The molecule has 3 heteroatoms. The van der Waals surface area contributed by atoms with Crippen LogP contribution in [0.25, 0.3) is 88.5 Å². The van der Waals surface area contributed by atoms with E-state index in [0.29, 0.717) is 5.82 Å². The molecule has 0 N–H and O–H groups in total. The van der Waals surface area contributed by atoms with Crippen molar-refractivity contribution in [1.82, 2.24) is 15.0 Å². The molecule has 0 radical (unpaired) electrons. The maximum absolute atomic E-state index is 5.07. The average Bonchev–Trinajstić information content (AvgIpc) is 3.18. The standard InChI is InChI=1S/C45H29N3/c1-2-10-35(11-3-1)45-47-42(33-21-16-30(17-22-33)37-12-8-26-46-29-37)28-43(48-45)34-23-18-32(19-24-34)41-27-36-25-20-31-9-4-5-13-38(31)44(36)40-15-7-6-14-39(40)41/h1-29H. The van der Waals surface area contributed by atoms with Crippen molar-refractivity contribution in [2.45, 2.75) is 0 Å². The molecule has 224 valence electrons. The summed E-state index contributed by atoms with van der Waals surface area (Å²) in [7, 11) is 0. The monoisotopic (exact) mass is 611 g/mol. The van der Waals surface area contributed by atoms with E-state index in [9.17, 15) is 0 Å². The van der Waals surface area contributed by atoms with Crippen molar-refractivity contribution in [2.75, 3.05) is 0 Å². The lowest BCUT2D eigenvalue weighted by Crippen LogP contribution is -1.96. The van der Waals surface area contributed by atoms with Crippen molar-refractivity contribution < 1.29 is 0 Å². The Morgan fingerprint density at radius 2 is 0.938 bits per heavy atom. The molecule has 48 heavy (non-hydrogen) atoms. The fourth-order valence-corrected chi connectivity index (χ4v) is 6.76. The van der Waals surface area contributed by atoms with Crippen LogP contribution in [0.15, 0.2) is 176 Å². The molecular weight excluding hydrogens is 583 g/mol. The van der Waals surface area contributed by atoms with Gasteiger partial charge in [0.05, 0.1) is 11.4 Å². The third-order valence-corrected chi connectivity index (χ3v) is 9.17. The lowest BCUT2D eigenvalue weighted by atomic mass is 9.90. The van der Waals surface area contributed by atoms with E-state index in [-0.39, 0.29) is 0 Å². The van der Waals surface area contributed by atoms with Crippen LogP contribution in [0, 0.1) is 0 Å². The lowest BCUT2D eigenvalue weighted by molar-refractivity contribution is 1.18. The topological polar surface area (TPSA) is 38.7 Å². The van der Waals surface area contributed by atoms with E-state index in [4.69, 9.17) is 9.97 Å². The first-order chi connectivity index (χ1) is 23.8. The van der Waals surface area contributed by atoms with Gasteiger partial charge in [-0.05, 0) is 72.8 Å². The molecule has 0 saturated carbocycles. The highest BCUT2D eigenvalue weighted by atomic mass is 14.9. The van der Waals surface area contributed by atoms with E-state index in [1.54, 1.807) is 6.20 Å². The molecule has 0 saturated heterocycles. The van der Waals surface area contributed by atoms with Gasteiger partial charge in [-0.3, -0.25) is 4.98 Å². The van der Waals surface area contributed by atoms with E-state index in [0.717, 1.165) is 39.2 Å². The smallest absolute Gasteiger partial charge is 0.160 e. The first-order valence-electron chi connectivity index (χ1n) is 16.2. The summed E-state index contributed by atoms with van der Waals surface area (Å²) >= 11 is 0. The Labute approximate surface area is 278 Å². The minimum absolute atomic E-state index is 0.705. The fourth-order valence-electron chi connectivity index (χ4n) is 6.76. The molecule has 0 atom stereocenters. The molecule has 0 aliphatic rings. The third-order valence-electron chi connectivity index (χ3n) is 9.17. The predicted molar refractivity (Wildman–Crippen MR) is 200 cm³/mol. The quantitative estimate of drug-likeness (QED) is 0.182. The molecule has 9 rings (SSSR count). The van der Waals surface area contributed by atoms with Crippen molar-refractivity contribution in [3.63, 3.8) is 0 Å². The summed E-state index contributed by atoms with van der Waals surface area (Å²) in [4.78, 5) is 14.4. The molecule has 0 unspecified atom stereocenters. The number of hydrogen-bond acceptors (Lipinski definition) is 3. The molecular formula is C45H29N3. The van der Waals surface area contributed by atoms with Gasteiger partial charge in [0.25, 0.3) is 0 Å². The molecule has 0 bridgehead atoms. The second-order valence-corrected chi connectivity index (χ2v) is 12.1. The minimum atomic E-state index is 0.705. The van der Waals surface area contributed by atoms with Gasteiger partial charge >= 0.3 is 0 Å². The first kappa shape index (κ1) is 27.8. The lowest BCUT2D eigenvalue weighted by Gasteiger charge is -2.14. The zero-order chi connectivity index (χ0) is 31.9. The maximum Gasteiger partial charge on any atom is 0.160 e. The molecule has 2 heterocycles. The molecule has 0 aliphatic heterocycles. The summed E-state index contributed by atoms with van der Waals surface area (Å²) in [6, 6.07) is 57.9. The summed E-state index contributed by atoms with van der Waals surface area (Å²) in [5.41, 5.74) is 9.44. The molecule has 0 aliphatic carbocycles. The van der Waals surface area contributed by atoms with Crippen LogP contribution >= 0.6 is 0 Å². The van der Waals surface area contributed by atoms with Gasteiger partial charge in [0.15, 0.2) is 5.82 Å². The van der Waals surface area contributed by atoms with Gasteiger partial charge in [-0.25, -0.2) is 9.97 Å². The molecule has 0 spiro atoms. The van der Waals surface area contributed by atoms with Crippen molar-refractivity contribution in [2.24, 2.45) is 0 Å². The van der Waals surface area contributed by atoms with Crippen LogP contribution in [0.5, 0.6) is 0 Å². The van der Waals surface area contributed by atoms with E-state index < -0.39 is 0 Å². The molecule has 9 aromatic rings. The van der Waals surface area contributed by atoms with Crippen LogP contribution in [0.1, 0.15) is 0 Å². The van der Waals surface area contributed by atoms with E-state index >= 15 is 0 Å². The van der Waals surface area contributed by atoms with Gasteiger partial charge in [-0.15, -0.1) is 0 Å².